The highest BCUT2D eigenvalue weighted by Crippen LogP contribution is 2.22. The summed E-state index contributed by atoms with van der Waals surface area (Å²) in [4.78, 5) is 7.91. The Morgan fingerprint density at radius 2 is 2.39 bits per heavy atom. The van der Waals surface area contributed by atoms with Gasteiger partial charge in [0.2, 0.25) is 5.95 Å². The van der Waals surface area contributed by atoms with Gasteiger partial charge in [-0.3, -0.25) is 0 Å². The lowest BCUT2D eigenvalue weighted by atomic mass is 10.2. The zero-order valence-corrected chi connectivity index (χ0v) is 14.0. The molecule has 3 heterocycles. The second-order valence-corrected chi connectivity index (χ2v) is 5.61. The number of nitrogens with zero attached hydrogens (tertiary/aromatic N) is 4. The number of alkyl halides is 1. The minimum atomic E-state index is -0.686. The molecular formula is C14H21ClFN5O2. The van der Waals surface area contributed by atoms with Crippen LogP contribution in [0.1, 0.15) is 33.1 Å². The smallest absolute Gasteiger partial charge is 0.320 e. The van der Waals surface area contributed by atoms with Gasteiger partial charge in [0.1, 0.15) is 11.7 Å². The van der Waals surface area contributed by atoms with Crippen molar-refractivity contribution in [2.75, 3.05) is 18.9 Å². The van der Waals surface area contributed by atoms with Gasteiger partial charge >= 0.3 is 6.01 Å². The van der Waals surface area contributed by atoms with Gasteiger partial charge in [-0.25, -0.2) is 9.37 Å². The van der Waals surface area contributed by atoms with Crippen LogP contribution in [0.4, 0.5) is 10.3 Å². The first kappa shape index (κ1) is 17.7. The number of hydrogen-bond donors (Lipinski definition) is 1. The topological polar surface area (TPSA) is 87.6 Å². The van der Waals surface area contributed by atoms with Gasteiger partial charge in [-0.15, -0.1) is 5.10 Å². The number of anilines is 1. The van der Waals surface area contributed by atoms with Crippen LogP contribution in [0.2, 0.25) is 5.15 Å². The fraction of sp³-hybridized carbons (Fsp3) is 0.643. The Balaban J connectivity index is 0.000000229. The van der Waals surface area contributed by atoms with E-state index >= 15 is 0 Å². The summed E-state index contributed by atoms with van der Waals surface area (Å²) in [5.41, 5.74) is 6.07. The predicted molar refractivity (Wildman–Crippen MR) is 85.5 cm³/mol. The largest absolute Gasteiger partial charge is 0.460 e. The Morgan fingerprint density at radius 1 is 1.61 bits per heavy atom. The highest BCUT2D eigenvalue weighted by atomic mass is 35.5. The highest BCUT2D eigenvalue weighted by Gasteiger charge is 2.14. The van der Waals surface area contributed by atoms with E-state index in [1.54, 1.807) is 0 Å². The number of imidazole rings is 1. The third kappa shape index (κ3) is 4.90. The van der Waals surface area contributed by atoms with E-state index in [-0.39, 0.29) is 12.1 Å². The van der Waals surface area contributed by atoms with Crippen LogP contribution in [-0.2, 0) is 4.74 Å². The summed E-state index contributed by atoms with van der Waals surface area (Å²) in [6.45, 7) is 5.03. The molecule has 0 radical (unpaired) electrons. The fourth-order valence-corrected chi connectivity index (χ4v) is 2.08. The number of fused-ring (bicyclic) bond motifs is 1. The van der Waals surface area contributed by atoms with Gasteiger partial charge in [-0.1, -0.05) is 18.5 Å². The van der Waals surface area contributed by atoms with Crippen molar-refractivity contribution in [3.8, 4) is 6.01 Å². The molecule has 0 bridgehead atoms. The summed E-state index contributed by atoms with van der Waals surface area (Å²) in [5, 5.41) is 4.30. The summed E-state index contributed by atoms with van der Waals surface area (Å²) >= 11 is 5.92. The average Bonchev–Trinajstić information content (AvgIpc) is 2.84. The van der Waals surface area contributed by atoms with E-state index in [1.807, 2.05) is 13.8 Å². The number of halogens is 2. The van der Waals surface area contributed by atoms with Crippen LogP contribution in [0.5, 0.6) is 6.01 Å². The normalized spacial score (nSPS) is 19.0. The van der Waals surface area contributed by atoms with E-state index in [9.17, 15) is 4.39 Å². The van der Waals surface area contributed by atoms with E-state index in [0.29, 0.717) is 29.7 Å². The van der Waals surface area contributed by atoms with Crippen molar-refractivity contribution in [3.05, 3.63) is 11.3 Å². The minimum Gasteiger partial charge on any atom is -0.460 e. The number of nitrogen functional groups attached to an aromatic ring is 1. The molecular weight excluding hydrogens is 325 g/mol. The van der Waals surface area contributed by atoms with Crippen LogP contribution in [0, 0.1) is 0 Å². The number of ether oxygens (including phenoxy) is 2. The molecule has 7 nitrogen and oxygen atoms in total. The molecule has 2 aromatic rings. The van der Waals surface area contributed by atoms with Crippen molar-refractivity contribution in [2.24, 2.45) is 0 Å². The zero-order chi connectivity index (χ0) is 16.8. The molecule has 1 saturated heterocycles. The SMILES string of the molecule is CCC(C)Oc1nc(Cl)c2cnc(N)nn12.FC1CCCOC1. The lowest BCUT2D eigenvalue weighted by Crippen LogP contribution is -2.17. The lowest BCUT2D eigenvalue weighted by Gasteiger charge is -2.13. The maximum absolute atomic E-state index is 12.1. The fourth-order valence-electron chi connectivity index (χ4n) is 1.88. The molecule has 1 fully saturated rings. The minimum absolute atomic E-state index is 0.0397. The maximum atomic E-state index is 12.1. The number of nitrogens with two attached hydrogens (primary N) is 1. The monoisotopic (exact) mass is 345 g/mol. The van der Waals surface area contributed by atoms with Gasteiger partial charge in [0, 0.05) is 6.61 Å². The Labute approximate surface area is 138 Å². The average molecular weight is 346 g/mol. The van der Waals surface area contributed by atoms with Crippen molar-refractivity contribution in [1.29, 1.82) is 0 Å². The maximum Gasteiger partial charge on any atom is 0.320 e. The van der Waals surface area contributed by atoms with Crippen molar-refractivity contribution >= 4 is 23.1 Å². The van der Waals surface area contributed by atoms with Gasteiger partial charge in [-0.2, -0.15) is 9.50 Å². The first-order valence-electron chi connectivity index (χ1n) is 7.56. The molecule has 2 N–H and O–H groups in total. The molecule has 0 amide bonds. The second kappa shape index (κ2) is 8.26. The van der Waals surface area contributed by atoms with E-state index in [4.69, 9.17) is 26.8 Å². The molecule has 128 valence electrons. The third-order valence-corrected chi connectivity index (χ3v) is 3.60. The van der Waals surface area contributed by atoms with E-state index < -0.39 is 6.17 Å². The summed E-state index contributed by atoms with van der Waals surface area (Å²) in [6.07, 6.45) is 3.32. The molecule has 0 spiro atoms. The Kier molecular flexibility index (Phi) is 6.35. The van der Waals surface area contributed by atoms with Gasteiger partial charge < -0.3 is 15.2 Å². The predicted octanol–water partition coefficient (Wildman–Crippen LogP) is 2.67. The van der Waals surface area contributed by atoms with Crippen molar-refractivity contribution in [3.63, 3.8) is 0 Å². The molecule has 0 aromatic carbocycles. The third-order valence-electron chi connectivity index (χ3n) is 3.32. The van der Waals surface area contributed by atoms with Gasteiger partial charge in [0.05, 0.1) is 18.9 Å². The molecule has 1 aliphatic rings. The summed E-state index contributed by atoms with van der Waals surface area (Å²) in [5.74, 6) is 0.149. The van der Waals surface area contributed by atoms with Crippen LogP contribution in [-0.4, -0.2) is 45.1 Å². The second-order valence-electron chi connectivity index (χ2n) is 5.25. The van der Waals surface area contributed by atoms with Gasteiger partial charge in [0.15, 0.2) is 5.15 Å². The molecule has 3 rings (SSSR count). The van der Waals surface area contributed by atoms with Crippen LogP contribution in [0.15, 0.2) is 6.20 Å². The number of aromatic nitrogens is 4. The molecule has 2 aromatic heterocycles. The van der Waals surface area contributed by atoms with Crippen LogP contribution < -0.4 is 10.5 Å². The highest BCUT2D eigenvalue weighted by molar-refractivity contribution is 6.32. The first-order valence-corrected chi connectivity index (χ1v) is 7.94. The van der Waals surface area contributed by atoms with E-state index in [0.717, 1.165) is 19.4 Å². The van der Waals surface area contributed by atoms with E-state index in [1.165, 1.54) is 10.7 Å². The molecule has 9 heteroatoms. The van der Waals surface area contributed by atoms with Crippen LogP contribution in [0.25, 0.3) is 5.52 Å². The van der Waals surface area contributed by atoms with Crippen molar-refractivity contribution in [1.82, 2.24) is 19.6 Å². The molecule has 1 aliphatic heterocycles. The van der Waals surface area contributed by atoms with Crippen molar-refractivity contribution < 1.29 is 13.9 Å². The number of rotatable bonds is 3. The molecule has 23 heavy (non-hydrogen) atoms. The van der Waals surface area contributed by atoms with E-state index in [2.05, 4.69) is 15.1 Å². The quantitative estimate of drug-likeness (QED) is 0.920. The Hall–Kier alpha value is -1.67. The molecule has 2 unspecified atom stereocenters. The Bertz CT molecular complexity index is 633. The molecule has 0 aliphatic carbocycles. The van der Waals surface area contributed by atoms with Gasteiger partial charge in [0.25, 0.3) is 0 Å². The number of hydrogen-bond acceptors (Lipinski definition) is 6. The van der Waals surface area contributed by atoms with Crippen molar-refractivity contribution in [2.45, 2.75) is 45.4 Å². The first-order chi connectivity index (χ1) is 11.0. The lowest BCUT2D eigenvalue weighted by molar-refractivity contribution is 0.0366. The standard InChI is InChI=1S/C9H12ClN5O.C5H9FO/c1-3-5(2)16-9-13-7(10)6-4-12-8(11)14-15(6)9;6-5-2-1-3-7-4-5/h4-5H,3H2,1-2H3,(H2,11,14);5H,1-4H2. The summed E-state index contributed by atoms with van der Waals surface area (Å²) in [6, 6.07) is 0.337. The summed E-state index contributed by atoms with van der Waals surface area (Å²) in [7, 11) is 0. The molecule has 2 atom stereocenters. The van der Waals surface area contributed by atoms with Gasteiger partial charge in [-0.05, 0) is 26.2 Å². The van der Waals surface area contributed by atoms with Crippen LogP contribution >= 0.6 is 11.6 Å². The Morgan fingerprint density at radius 3 is 2.96 bits per heavy atom. The summed E-state index contributed by atoms with van der Waals surface area (Å²) < 4.78 is 23.9. The molecule has 0 saturated carbocycles. The van der Waals surface area contributed by atoms with Crippen LogP contribution in [0.3, 0.4) is 0 Å². The zero-order valence-electron chi connectivity index (χ0n) is 13.2.